The van der Waals surface area contributed by atoms with Crippen molar-refractivity contribution in [3.63, 3.8) is 0 Å². The van der Waals surface area contributed by atoms with Gasteiger partial charge in [-0.05, 0) is 31.5 Å². The molecule has 94 valence electrons. The van der Waals surface area contributed by atoms with Gasteiger partial charge in [-0.2, -0.15) is 4.98 Å². The fourth-order valence-corrected chi connectivity index (χ4v) is 1.59. The number of phenolic OH excluding ortho intramolecular Hbond substituents is 1. The molecule has 0 aliphatic rings. The fourth-order valence-electron chi connectivity index (χ4n) is 1.59. The van der Waals surface area contributed by atoms with Gasteiger partial charge >= 0.3 is 0 Å². The third kappa shape index (κ3) is 3.13. The van der Waals surface area contributed by atoms with Crippen LogP contribution >= 0.6 is 0 Å². The van der Waals surface area contributed by atoms with Gasteiger partial charge in [0, 0.05) is 18.2 Å². The van der Waals surface area contributed by atoms with Crippen molar-refractivity contribution < 1.29 is 14.6 Å². The Morgan fingerprint density at radius 2 is 1.94 bits per heavy atom. The largest absolute Gasteiger partial charge is 0.508 e. The van der Waals surface area contributed by atoms with Crippen LogP contribution in [0.4, 0.5) is 0 Å². The number of aryl methyl sites for hydroxylation is 1. The van der Waals surface area contributed by atoms with Crippen molar-refractivity contribution in [1.82, 2.24) is 4.98 Å². The summed E-state index contributed by atoms with van der Waals surface area (Å²) in [4.78, 5) is 4.19. The van der Waals surface area contributed by atoms with Crippen molar-refractivity contribution in [2.24, 2.45) is 0 Å². The molecular formula is C14H15NO3. The molecule has 1 heterocycles. The van der Waals surface area contributed by atoms with Crippen molar-refractivity contribution in [2.45, 2.75) is 13.8 Å². The van der Waals surface area contributed by atoms with Gasteiger partial charge in [-0.1, -0.05) is 6.07 Å². The standard InChI is InChI=1S/C14H15NO3/c1-3-17-13-5-4-6-14(15-13)18-12-8-10(2)7-11(16)9-12/h4-9,16H,3H2,1-2H3. The zero-order chi connectivity index (χ0) is 13.0. The maximum absolute atomic E-state index is 9.49. The fraction of sp³-hybridized carbons (Fsp3) is 0.214. The van der Waals surface area contributed by atoms with E-state index in [1.165, 1.54) is 0 Å². The Hall–Kier alpha value is -2.23. The number of ether oxygens (including phenoxy) is 2. The monoisotopic (exact) mass is 245 g/mol. The normalized spacial score (nSPS) is 10.1. The Morgan fingerprint density at radius 1 is 1.17 bits per heavy atom. The minimum atomic E-state index is 0.172. The summed E-state index contributed by atoms with van der Waals surface area (Å²) in [6.45, 7) is 4.34. The first-order valence-corrected chi connectivity index (χ1v) is 5.76. The SMILES string of the molecule is CCOc1cccc(Oc2cc(C)cc(O)c2)n1. The third-order valence-electron chi connectivity index (χ3n) is 2.25. The summed E-state index contributed by atoms with van der Waals surface area (Å²) in [6, 6.07) is 10.3. The molecule has 0 bridgehead atoms. The van der Waals surface area contributed by atoms with Crippen molar-refractivity contribution in [3.05, 3.63) is 42.0 Å². The molecule has 0 aliphatic heterocycles. The van der Waals surface area contributed by atoms with Crippen LogP contribution in [0.2, 0.25) is 0 Å². The van der Waals surface area contributed by atoms with E-state index in [9.17, 15) is 5.11 Å². The first kappa shape index (κ1) is 12.2. The minimum Gasteiger partial charge on any atom is -0.508 e. The number of hydrogen-bond acceptors (Lipinski definition) is 4. The van der Waals surface area contributed by atoms with Crippen LogP contribution in [0, 0.1) is 6.92 Å². The molecule has 1 N–H and O–H groups in total. The van der Waals surface area contributed by atoms with E-state index in [2.05, 4.69) is 4.98 Å². The number of hydrogen-bond donors (Lipinski definition) is 1. The van der Waals surface area contributed by atoms with Crippen LogP contribution in [0.3, 0.4) is 0 Å². The molecule has 0 saturated heterocycles. The molecule has 4 nitrogen and oxygen atoms in total. The van der Waals surface area contributed by atoms with Gasteiger partial charge in [0.25, 0.3) is 0 Å². The Morgan fingerprint density at radius 3 is 2.67 bits per heavy atom. The smallest absolute Gasteiger partial charge is 0.222 e. The van der Waals surface area contributed by atoms with Crippen LogP contribution < -0.4 is 9.47 Å². The Bertz CT molecular complexity index is 520. The molecule has 0 saturated carbocycles. The van der Waals surface area contributed by atoms with Gasteiger partial charge in [0.05, 0.1) is 6.61 Å². The summed E-state index contributed by atoms with van der Waals surface area (Å²) in [5.41, 5.74) is 0.922. The summed E-state index contributed by atoms with van der Waals surface area (Å²) in [6.07, 6.45) is 0. The number of aromatic nitrogens is 1. The summed E-state index contributed by atoms with van der Waals surface area (Å²) >= 11 is 0. The molecule has 0 radical (unpaired) electrons. The molecule has 18 heavy (non-hydrogen) atoms. The third-order valence-corrected chi connectivity index (χ3v) is 2.25. The second kappa shape index (κ2) is 5.40. The first-order valence-electron chi connectivity index (χ1n) is 5.76. The molecule has 0 spiro atoms. The van der Waals surface area contributed by atoms with E-state index in [-0.39, 0.29) is 5.75 Å². The van der Waals surface area contributed by atoms with E-state index in [0.717, 1.165) is 5.56 Å². The van der Waals surface area contributed by atoms with Gasteiger partial charge in [-0.3, -0.25) is 0 Å². The van der Waals surface area contributed by atoms with Crippen LogP contribution in [0.15, 0.2) is 36.4 Å². The number of benzene rings is 1. The highest BCUT2D eigenvalue weighted by atomic mass is 16.5. The van der Waals surface area contributed by atoms with Gasteiger partial charge < -0.3 is 14.6 Å². The number of nitrogens with zero attached hydrogens (tertiary/aromatic N) is 1. The van der Waals surface area contributed by atoms with E-state index >= 15 is 0 Å². The molecule has 1 aromatic carbocycles. The number of pyridine rings is 1. The van der Waals surface area contributed by atoms with E-state index in [1.807, 2.05) is 26.0 Å². The predicted molar refractivity (Wildman–Crippen MR) is 68.3 cm³/mol. The van der Waals surface area contributed by atoms with Crippen LogP contribution in [-0.2, 0) is 0 Å². The lowest BCUT2D eigenvalue weighted by Crippen LogP contribution is -1.95. The lowest BCUT2D eigenvalue weighted by molar-refractivity contribution is 0.321. The van der Waals surface area contributed by atoms with Crippen LogP contribution in [0.25, 0.3) is 0 Å². The highest BCUT2D eigenvalue weighted by Crippen LogP contribution is 2.26. The van der Waals surface area contributed by atoms with E-state index in [1.54, 1.807) is 24.3 Å². The molecule has 0 aliphatic carbocycles. The van der Waals surface area contributed by atoms with Crippen molar-refractivity contribution in [2.75, 3.05) is 6.61 Å². The van der Waals surface area contributed by atoms with E-state index in [0.29, 0.717) is 24.1 Å². The number of phenols is 1. The predicted octanol–water partition coefficient (Wildman–Crippen LogP) is 3.29. The van der Waals surface area contributed by atoms with Gasteiger partial charge in [-0.25, -0.2) is 0 Å². The highest BCUT2D eigenvalue weighted by Gasteiger charge is 2.03. The summed E-state index contributed by atoms with van der Waals surface area (Å²) in [5.74, 6) is 1.68. The zero-order valence-corrected chi connectivity index (χ0v) is 10.4. The minimum absolute atomic E-state index is 0.172. The maximum Gasteiger partial charge on any atom is 0.222 e. The van der Waals surface area contributed by atoms with Crippen molar-refractivity contribution in [3.8, 4) is 23.3 Å². The lowest BCUT2D eigenvalue weighted by atomic mass is 10.2. The zero-order valence-electron chi connectivity index (χ0n) is 10.4. The van der Waals surface area contributed by atoms with Gasteiger partial charge in [-0.15, -0.1) is 0 Å². The maximum atomic E-state index is 9.49. The molecule has 2 aromatic rings. The van der Waals surface area contributed by atoms with Crippen molar-refractivity contribution >= 4 is 0 Å². The summed E-state index contributed by atoms with van der Waals surface area (Å²) < 4.78 is 10.9. The van der Waals surface area contributed by atoms with Gasteiger partial charge in [0.2, 0.25) is 11.8 Å². The van der Waals surface area contributed by atoms with Gasteiger partial charge in [0.1, 0.15) is 11.5 Å². The molecule has 1 aromatic heterocycles. The summed E-state index contributed by atoms with van der Waals surface area (Å²) in [5, 5.41) is 9.49. The molecular weight excluding hydrogens is 230 g/mol. The van der Waals surface area contributed by atoms with Gasteiger partial charge in [0.15, 0.2) is 0 Å². The topological polar surface area (TPSA) is 51.6 Å². The molecule has 0 amide bonds. The first-order chi connectivity index (χ1) is 8.67. The van der Waals surface area contributed by atoms with Crippen LogP contribution in [-0.4, -0.2) is 16.7 Å². The van der Waals surface area contributed by atoms with E-state index < -0.39 is 0 Å². The van der Waals surface area contributed by atoms with Crippen LogP contribution in [0.5, 0.6) is 23.3 Å². The van der Waals surface area contributed by atoms with Crippen LogP contribution in [0.1, 0.15) is 12.5 Å². The Kier molecular flexibility index (Phi) is 3.67. The quantitative estimate of drug-likeness (QED) is 0.898. The Labute approximate surface area is 106 Å². The summed E-state index contributed by atoms with van der Waals surface area (Å²) in [7, 11) is 0. The highest BCUT2D eigenvalue weighted by molar-refractivity contribution is 5.38. The Balaban J connectivity index is 2.20. The molecule has 4 heteroatoms. The number of aromatic hydroxyl groups is 1. The molecule has 0 atom stereocenters. The van der Waals surface area contributed by atoms with E-state index in [4.69, 9.17) is 9.47 Å². The molecule has 0 unspecified atom stereocenters. The average molecular weight is 245 g/mol. The second-order valence-corrected chi connectivity index (χ2v) is 3.85. The van der Waals surface area contributed by atoms with Crippen molar-refractivity contribution in [1.29, 1.82) is 0 Å². The molecule has 0 fully saturated rings. The lowest BCUT2D eigenvalue weighted by Gasteiger charge is -2.08. The number of rotatable bonds is 4. The average Bonchev–Trinajstić information content (AvgIpc) is 2.28. The second-order valence-electron chi connectivity index (χ2n) is 3.85. The molecule has 2 rings (SSSR count).